The van der Waals surface area contributed by atoms with Crippen LogP contribution in [0.2, 0.25) is 5.02 Å². The maximum Gasteiger partial charge on any atom is 0.514 e. The van der Waals surface area contributed by atoms with Gasteiger partial charge >= 0.3 is 6.16 Å². The van der Waals surface area contributed by atoms with Crippen molar-refractivity contribution in [2.24, 2.45) is 5.73 Å². The quantitative estimate of drug-likeness (QED) is 0.379. The number of amides is 1. The Hall–Kier alpha value is -3.03. The van der Waals surface area contributed by atoms with E-state index in [-0.39, 0.29) is 24.7 Å². The zero-order chi connectivity index (χ0) is 23.3. The van der Waals surface area contributed by atoms with Gasteiger partial charge in [0.05, 0.1) is 13.2 Å². The van der Waals surface area contributed by atoms with Gasteiger partial charge in [-0.25, -0.2) is 4.79 Å². The van der Waals surface area contributed by atoms with Crippen molar-refractivity contribution in [1.29, 1.82) is 0 Å². The van der Waals surface area contributed by atoms with Gasteiger partial charge in [0, 0.05) is 17.3 Å². The molecule has 1 heterocycles. The number of aryl methyl sites for hydroxylation is 2. The lowest BCUT2D eigenvalue weighted by Crippen LogP contribution is -2.47. The molecule has 0 saturated carbocycles. The molecule has 1 atom stereocenters. The SMILES string of the molecule is C=CCOC(=O)Oc1cc(C)c(CC(N)C(=O)N2CCCc3cc(OC)ccc32)c(Cl)c1. The molecule has 2 aromatic rings. The van der Waals surface area contributed by atoms with Crippen molar-refractivity contribution in [1.82, 2.24) is 0 Å². The maximum absolute atomic E-state index is 13.2. The Kier molecular flexibility index (Phi) is 7.77. The highest BCUT2D eigenvalue weighted by atomic mass is 35.5. The lowest BCUT2D eigenvalue weighted by molar-refractivity contribution is -0.119. The van der Waals surface area contributed by atoms with E-state index >= 15 is 0 Å². The van der Waals surface area contributed by atoms with Crippen molar-refractivity contribution in [3.05, 3.63) is 64.7 Å². The van der Waals surface area contributed by atoms with Gasteiger partial charge in [-0.2, -0.15) is 0 Å². The fourth-order valence-electron chi connectivity index (χ4n) is 3.75. The van der Waals surface area contributed by atoms with Crippen molar-refractivity contribution in [2.45, 2.75) is 32.2 Å². The molecule has 0 aliphatic carbocycles. The molecule has 1 amide bonds. The van der Waals surface area contributed by atoms with Gasteiger partial charge in [0.15, 0.2) is 0 Å². The van der Waals surface area contributed by atoms with Crippen molar-refractivity contribution in [3.63, 3.8) is 0 Å². The number of carbonyl (C=O) groups is 2. The van der Waals surface area contributed by atoms with Crippen LogP contribution < -0.4 is 20.1 Å². The van der Waals surface area contributed by atoms with Crippen LogP contribution in [-0.4, -0.2) is 38.4 Å². The second-order valence-electron chi connectivity index (χ2n) is 7.55. The van der Waals surface area contributed by atoms with Gasteiger partial charge in [-0.05, 0) is 73.2 Å². The molecule has 0 fully saturated rings. The first-order chi connectivity index (χ1) is 15.3. The van der Waals surface area contributed by atoms with E-state index in [1.807, 2.05) is 25.1 Å². The number of fused-ring (bicyclic) bond motifs is 1. The number of nitrogens with zero attached hydrogens (tertiary/aromatic N) is 1. The first kappa shape index (κ1) is 23.6. The van der Waals surface area contributed by atoms with Gasteiger partial charge in [0.1, 0.15) is 18.1 Å². The molecule has 7 nitrogen and oxygen atoms in total. The Morgan fingerprint density at radius 3 is 2.75 bits per heavy atom. The molecule has 1 unspecified atom stereocenters. The van der Waals surface area contributed by atoms with E-state index in [9.17, 15) is 9.59 Å². The number of nitrogens with two attached hydrogens (primary N) is 1. The molecular formula is C24H27ClN2O5. The topological polar surface area (TPSA) is 91.1 Å². The van der Waals surface area contributed by atoms with Crippen molar-refractivity contribution in [2.75, 3.05) is 25.2 Å². The molecule has 8 heteroatoms. The summed E-state index contributed by atoms with van der Waals surface area (Å²) in [4.78, 5) is 26.6. The zero-order valence-electron chi connectivity index (χ0n) is 18.2. The van der Waals surface area contributed by atoms with Crippen LogP contribution in [0.15, 0.2) is 43.0 Å². The summed E-state index contributed by atoms with van der Waals surface area (Å²) in [6, 6.07) is 8.10. The molecule has 2 N–H and O–H groups in total. The number of hydrogen-bond donors (Lipinski definition) is 1. The second kappa shape index (κ2) is 10.5. The van der Waals surface area contributed by atoms with Gasteiger partial charge in [-0.3, -0.25) is 4.79 Å². The summed E-state index contributed by atoms with van der Waals surface area (Å²) in [5.41, 5.74) is 9.73. The van der Waals surface area contributed by atoms with E-state index in [0.29, 0.717) is 11.6 Å². The highest BCUT2D eigenvalue weighted by Crippen LogP contribution is 2.32. The minimum absolute atomic E-state index is 0.0486. The molecule has 0 saturated heterocycles. The number of benzene rings is 2. The Morgan fingerprint density at radius 2 is 2.06 bits per heavy atom. The monoisotopic (exact) mass is 458 g/mol. The first-order valence-corrected chi connectivity index (χ1v) is 10.7. The van der Waals surface area contributed by atoms with Gasteiger partial charge in [0.25, 0.3) is 0 Å². The van der Waals surface area contributed by atoms with Crippen molar-refractivity contribution in [3.8, 4) is 11.5 Å². The van der Waals surface area contributed by atoms with Gasteiger partial charge in [0.2, 0.25) is 5.91 Å². The highest BCUT2D eigenvalue weighted by molar-refractivity contribution is 6.31. The molecule has 0 radical (unpaired) electrons. The molecule has 1 aliphatic rings. The number of ether oxygens (including phenoxy) is 3. The van der Waals surface area contributed by atoms with Crippen LogP contribution in [0.25, 0.3) is 0 Å². The van der Waals surface area contributed by atoms with E-state index in [4.69, 9.17) is 31.5 Å². The van der Waals surface area contributed by atoms with Crippen LogP contribution in [0.1, 0.15) is 23.1 Å². The van der Waals surface area contributed by atoms with Gasteiger partial charge in [-0.1, -0.05) is 24.3 Å². The first-order valence-electron chi connectivity index (χ1n) is 10.3. The zero-order valence-corrected chi connectivity index (χ0v) is 19.0. The summed E-state index contributed by atoms with van der Waals surface area (Å²) in [5.74, 6) is 0.851. The summed E-state index contributed by atoms with van der Waals surface area (Å²) < 4.78 is 15.2. The van der Waals surface area contributed by atoms with Crippen LogP contribution in [0.5, 0.6) is 11.5 Å². The largest absolute Gasteiger partial charge is 0.514 e. The van der Waals surface area contributed by atoms with E-state index in [2.05, 4.69) is 6.58 Å². The number of halogens is 1. The third-order valence-corrected chi connectivity index (χ3v) is 5.66. The standard InChI is InChI=1S/C24H27ClN2O5/c1-4-10-31-24(29)32-18-11-15(2)19(20(25)13-18)14-21(26)23(28)27-9-5-6-16-12-17(30-3)7-8-22(16)27/h4,7-8,11-13,21H,1,5-6,9-10,14,26H2,2-3H3. The lowest BCUT2D eigenvalue weighted by atomic mass is 9.97. The predicted octanol–water partition coefficient (Wildman–Crippen LogP) is 4.21. The number of hydrogen-bond acceptors (Lipinski definition) is 6. The van der Waals surface area contributed by atoms with Crippen LogP contribution >= 0.6 is 11.6 Å². The maximum atomic E-state index is 13.2. The fourth-order valence-corrected chi connectivity index (χ4v) is 4.08. The van der Waals surface area contributed by atoms with Crippen LogP contribution in [0.4, 0.5) is 10.5 Å². The summed E-state index contributed by atoms with van der Waals surface area (Å²) in [6.07, 6.45) is 2.59. The average molecular weight is 459 g/mol. The number of carbonyl (C=O) groups excluding carboxylic acids is 2. The lowest BCUT2D eigenvalue weighted by Gasteiger charge is -2.32. The molecule has 0 bridgehead atoms. The Labute approximate surface area is 192 Å². The average Bonchev–Trinajstić information content (AvgIpc) is 2.78. The molecule has 2 aromatic carbocycles. The highest BCUT2D eigenvalue weighted by Gasteiger charge is 2.28. The summed E-state index contributed by atoms with van der Waals surface area (Å²) in [5, 5.41) is 0.364. The minimum Gasteiger partial charge on any atom is -0.497 e. The van der Waals surface area contributed by atoms with E-state index in [1.54, 1.807) is 18.1 Å². The Balaban J connectivity index is 1.73. The van der Waals surface area contributed by atoms with Crippen molar-refractivity contribution < 1.29 is 23.8 Å². The molecule has 32 heavy (non-hydrogen) atoms. The van der Waals surface area contributed by atoms with Crippen molar-refractivity contribution >= 4 is 29.4 Å². The molecule has 170 valence electrons. The third kappa shape index (κ3) is 5.41. The number of rotatable bonds is 7. The van der Waals surface area contributed by atoms with Gasteiger partial charge in [-0.15, -0.1) is 0 Å². The van der Waals surface area contributed by atoms with Crippen LogP contribution in [0, 0.1) is 6.92 Å². The third-order valence-electron chi connectivity index (χ3n) is 5.32. The van der Waals surface area contributed by atoms with E-state index in [0.717, 1.165) is 41.0 Å². The smallest absolute Gasteiger partial charge is 0.497 e. The molecule has 0 spiro atoms. The van der Waals surface area contributed by atoms with E-state index < -0.39 is 12.2 Å². The molecule has 1 aliphatic heterocycles. The Morgan fingerprint density at radius 1 is 1.28 bits per heavy atom. The Bertz CT molecular complexity index is 1000. The van der Waals surface area contributed by atoms with Gasteiger partial charge < -0.3 is 24.8 Å². The number of anilines is 1. The van der Waals surface area contributed by atoms with Crippen LogP contribution in [0.3, 0.4) is 0 Å². The molecular weight excluding hydrogens is 432 g/mol. The number of methoxy groups -OCH3 is 1. The fraction of sp³-hybridized carbons (Fsp3) is 0.333. The van der Waals surface area contributed by atoms with E-state index in [1.165, 1.54) is 12.1 Å². The summed E-state index contributed by atoms with van der Waals surface area (Å²) in [6.45, 7) is 5.95. The summed E-state index contributed by atoms with van der Waals surface area (Å²) in [7, 11) is 1.62. The minimum atomic E-state index is -0.847. The van der Waals surface area contributed by atoms with Crippen LogP contribution in [-0.2, 0) is 22.4 Å². The predicted molar refractivity (Wildman–Crippen MR) is 124 cm³/mol. The second-order valence-corrected chi connectivity index (χ2v) is 7.96. The molecule has 0 aromatic heterocycles. The normalized spacial score (nSPS) is 13.7. The summed E-state index contributed by atoms with van der Waals surface area (Å²) >= 11 is 6.43. The molecule has 3 rings (SSSR count).